The smallest absolute Gasteiger partial charge is 0.338 e. The van der Waals surface area contributed by atoms with Gasteiger partial charge < -0.3 is 5.11 Å². The molecule has 3 nitrogen and oxygen atoms in total. The van der Waals surface area contributed by atoms with Gasteiger partial charge in [-0.3, -0.25) is 0 Å². The van der Waals surface area contributed by atoms with E-state index in [9.17, 15) is 18.0 Å². The normalized spacial score (nSPS) is 10.7. The van der Waals surface area contributed by atoms with Gasteiger partial charge in [-0.05, 0) is 6.07 Å². The van der Waals surface area contributed by atoms with Crippen LogP contribution in [-0.4, -0.2) is 16.1 Å². The number of halogens is 4. The van der Waals surface area contributed by atoms with Crippen LogP contribution in [0.15, 0.2) is 6.07 Å². The standard InChI is InChI=1S/C8H5ClF3NO2/c9-2-5-6(10)3(8(14)15)1-4(13-5)7(11)12/h1,7H,2H2,(H,14,15). The quantitative estimate of drug-likeness (QED) is 0.825. The Bertz CT molecular complexity index is 398. The van der Waals surface area contributed by atoms with Gasteiger partial charge in [0.15, 0.2) is 5.82 Å². The molecule has 0 aliphatic carbocycles. The molecule has 1 N–H and O–H groups in total. The van der Waals surface area contributed by atoms with E-state index >= 15 is 0 Å². The molecular formula is C8H5ClF3NO2. The molecule has 7 heteroatoms. The highest BCUT2D eigenvalue weighted by Gasteiger charge is 2.20. The summed E-state index contributed by atoms with van der Waals surface area (Å²) in [5.41, 5.74) is -2.15. The number of hydrogen-bond donors (Lipinski definition) is 1. The monoisotopic (exact) mass is 239 g/mol. The Labute approximate surface area is 87.5 Å². The van der Waals surface area contributed by atoms with E-state index in [0.29, 0.717) is 6.07 Å². The highest BCUT2D eigenvalue weighted by atomic mass is 35.5. The van der Waals surface area contributed by atoms with E-state index in [1.165, 1.54) is 0 Å². The third-order valence-corrected chi connectivity index (χ3v) is 1.88. The molecule has 0 amide bonds. The van der Waals surface area contributed by atoms with Crippen molar-refractivity contribution in [1.82, 2.24) is 4.98 Å². The van der Waals surface area contributed by atoms with Crippen LogP contribution in [0.2, 0.25) is 0 Å². The third-order valence-electron chi connectivity index (χ3n) is 1.63. The number of pyridine rings is 1. The Morgan fingerprint density at radius 3 is 2.60 bits per heavy atom. The van der Waals surface area contributed by atoms with Crippen molar-refractivity contribution in [2.24, 2.45) is 0 Å². The fraction of sp³-hybridized carbons (Fsp3) is 0.250. The van der Waals surface area contributed by atoms with Crippen LogP contribution in [0, 0.1) is 5.82 Å². The first-order valence-corrected chi connectivity index (χ1v) is 4.27. The van der Waals surface area contributed by atoms with Crippen molar-refractivity contribution >= 4 is 17.6 Å². The zero-order valence-corrected chi connectivity index (χ0v) is 7.93. The first kappa shape index (κ1) is 11.8. The summed E-state index contributed by atoms with van der Waals surface area (Å²) >= 11 is 5.25. The van der Waals surface area contributed by atoms with Crippen molar-refractivity contribution in [2.45, 2.75) is 12.3 Å². The molecular weight excluding hydrogens is 235 g/mol. The third kappa shape index (κ3) is 2.38. The molecule has 0 atom stereocenters. The van der Waals surface area contributed by atoms with Crippen molar-refractivity contribution in [3.8, 4) is 0 Å². The van der Waals surface area contributed by atoms with Crippen LogP contribution in [0.25, 0.3) is 0 Å². The number of hydrogen-bond acceptors (Lipinski definition) is 2. The van der Waals surface area contributed by atoms with Gasteiger partial charge in [0, 0.05) is 0 Å². The molecule has 82 valence electrons. The van der Waals surface area contributed by atoms with Gasteiger partial charge in [0.2, 0.25) is 0 Å². The lowest BCUT2D eigenvalue weighted by atomic mass is 10.2. The number of alkyl halides is 3. The Hall–Kier alpha value is -1.30. The Morgan fingerprint density at radius 2 is 2.20 bits per heavy atom. The second kappa shape index (κ2) is 4.48. The molecule has 0 radical (unpaired) electrons. The number of carbonyl (C=O) groups is 1. The zero-order chi connectivity index (χ0) is 11.6. The number of nitrogens with zero attached hydrogens (tertiary/aromatic N) is 1. The minimum absolute atomic E-state index is 0.466. The SMILES string of the molecule is O=C(O)c1cc(C(F)F)nc(CCl)c1F. The minimum Gasteiger partial charge on any atom is -0.478 e. The Morgan fingerprint density at radius 1 is 1.60 bits per heavy atom. The van der Waals surface area contributed by atoms with Gasteiger partial charge in [-0.2, -0.15) is 0 Å². The summed E-state index contributed by atoms with van der Waals surface area (Å²) in [6.45, 7) is 0. The van der Waals surface area contributed by atoms with Gasteiger partial charge in [0.25, 0.3) is 6.43 Å². The van der Waals surface area contributed by atoms with E-state index in [1.807, 2.05) is 0 Å². The molecule has 0 saturated carbocycles. The molecule has 15 heavy (non-hydrogen) atoms. The molecule has 0 fully saturated rings. The van der Waals surface area contributed by atoms with Crippen LogP contribution in [0.4, 0.5) is 13.2 Å². The van der Waals surface area contributed by atoms with Crippen molar-refractivity contribution in [2.75, 3.05) is 0 Å². The van der Waals surface area contributed by atoms with E-state index < -0.39 is 41.0 Å². The average Bonchev–Trinajstić information content (AvgIpc) is 2.17. The van der Waals surface area contributed by atoms with Gasteiger partial charge in [0.05, 0.1) is 17.1 Å². The Kier molecular flexibility index (Phi) is 3.52. The summed E-state index contributed by atoms with van der Waals surface area (Å²) in [6, 6.07) is 0.498. The highest BCUT2D eigenvalue weighted by molar-refractivity contribution is 6.17. The topological polar surface area (TPSA) is 50.2 Å². The summed E-state index contributed by atoms with van der Waals surface area (Å²) in [4.78, 5) is 13.7. The Balaban J connectivity index is 3.38. The van der Waals surface area contributed by atoms with Crippen LogP contribution in [0.3, 0.4) is 0 Å². The summed E-state index contributed by atoms with van der Waals surface area (Å²) in [5.74, 6) is -3.28. The second-order valence-corrected chi connectivity index (χ2v) is 2.86. The lowest BCUT2D eigenvalue weighted by Gasteiger charge is -2.05. The maximum absolute atomic E-state index is 13.2. The zero-order valence-electron chi connectivity index (χ0n) is 7.18. The van der Waals surface area contributed by atoms with Crippen molar-refractivity contribution in [3.63, 3.8) is 0 Å². The average molecular weight is 240 g/mol. The molecule has 0 unspecified atom stereocenters. The maximum atomic E-state index is 13.2. The first-order valence-electron chi connectivity index (χ1n) is 3.74. The van der Waals surface area contributed by atoms with Gasteiger partial charge >= 0.3 is 5.97 Å². The van der Waals surface area contributed by atoms with Crippen LogP contribution < -0.4 is 0 Å². The number of aromatic nitrogens is 1. The maximum Gasteiger partial charge on any atom is 0.338 e. The molecule has 0 aromatic carbocycles. The molecule has 1 heterocycles. The van der Waals surface area contributed by atoms with Gasteiger partial charge in [-0.25, -0.2) is 22.9 Å². The van der Waals surface area contributed by atoms with E-state index in [-0.39, 0.29) is 0 Å². The lowest BCUT2D eigenvalue weighted by molar-refractivity contribution is 0.0690. The van der Waals surface area contributed by atoms with E-state index in [4.69, 9.17) is 16.7 Å². The largest absolute Gasteiger partial charge is 0.478 e. The van der Waals surface area contributed by atoms with Crippen LogP contribution in [0.5, 0.6) is 0 Å². The number of aromatic carboxylic acids is 1. The van der Waals surface area contributed by atoms with Crippen molar-refractivity contribution in [3.05, 3.63) is 28.8 Å². The van der Waals surface area contributed by atoms with E-state index in [2.05, 4.69) is 4.98 Å². The molecule has 0 bridgehead atoms. The van der Waals surface area contributed by atoms with Crippen molar-refractivity contribution < 1.29 is 23.1 Å². The lowest BCUT2D eigenvalue weighted by Crippen LogP contribution is -2.08. The van der Waals surface area contributed by atoms with Crippen LogP contribution >= 0.6 is 11.6 Å². The number of rotatable bonds is 3. The molecule has 1 aromatic heterocycles. The molecule has 0 aliphatic rings. The summed E-state index contributed by atoms with van der Waals surface area (Å²) in [7, 11) is 0. The van der Waals surface area contributed by atoms with Crippen molar-refractivity contribution in [1.29, 1.82) is 0 Å². The predicted molar refractivity (Wildman–Crippen MR) is 45.7 cm³/mol. The molecule has 1 rings (SSSR count). The molecule has 0 spiro atoms. The van der Waals surface area contributed by atoms with E-state index in [1.54, 1.807) is 0 Å². The predicted octanol–water partition coefficient (Wildman–Crippen LogP) is 2.60. The summed E-state index contributed by atoms with van der Waals surface area (Å²) in [6.07, 6.45) is -2.97. The van der Waals surface area contributed by atoms with Crippen LogP contribution in [0.1, 0.15) is 28.2 Å². The minimum atomic E-state index is -2.97. The first-order chi connectivity index (χ1) is 6.97. The molecule has 0 saturated heterocycles. The van der Waals surface area contributed by atoms with Crippen LogP contribution in [-0.2, 0) is 5.88 Å². The molecule has 0 aliphatic heterocycles. The highest BCUT2D eigenvalue weighted by Crippen LogP contribution is 2.22. The number of carboxylic acids is 1. The number of carboxylic acid groups (broad SMARTS) is 1. The van der Waals surface area contributed by atoms with Gasteiger partial charge in [-0.15, -0.1) is 11.6 Å². The summed E-state index contributed by atoms with van der Waals surface area (Å²) < 4.78 is 37.7. The fourth-order valence-corrected chi connectivity index (χ4v) is 1.14. The van der Waals surface area contributed by atoms with E-state index in [0.717, 1.165) is 0 Å². The summed E-state index contributed by atoms with van der Waals surface area (Å²) in [5, 5.41) is 8.54. The van der Waals surface area contributed by atoms with Gasteiger partial charge in [-0.1, -0.05) is 0 Å². The second-order valence-electron chi connectivity index (χ2n) is 2.59. The van der Waals surface area contributed by atoms with Gasteiger partial charge in [0.1, 0.15) is 5.69 Å². The fourth-order valence-electron chi connectivity index (χ4n) is 0.960. The molecule has 1 aromatic rings.